The molecule has 2 aromatic rings. The minimum Gasteiger partial charge on any atom is -0.333 e. The Kier molecular flexibility index (Phi) is 3.65. The van der Waals surface area contributed by atoms with Crippen molar-refractivity contribution < 1.29 is 4.79 Å². The first kappa shape index (κ1) is 14.5. The predicted molar refractivity (Wildman–Crippen MR) is 89.1 cm³/mol. The Bertz CT molecular complexity index is 686. The smallest absolute Gasteiger partial charge is 0.325 e. The van der Waals surface area contributed by atoms with E-state index in [0.29, 0.717) is 12.0 Å². The summed E-state index contributed by atoms with van der Waals surface area (Å²) in [7, 11) is 0. The minimum absolute atomic E-state index is 0.0364. The number of nitrogens with zero attached hydrogens (tertiary/aromatic N) is 3. The zero-order valence-corrected chi connectivity index (χ0v) is 13.4. The van der Waals surface area contributed by atoms with Crippen LogP contribution in [0.4, 0.5) is 4.79 Å². The van der Waals surface area contributed by atoms with Crippen LogP contribution >= 0.6 is 0 Å². The highest BCUT2D eigenvalue weighted by atomic mass is 16.2. The van der Waals surface area contributed by atoms with E-state index in [9.17, 15) is 4.79 Å². The number of carbonyl (C=O) groups excluding carboxylic acids is 1. The molecule has 2 atom stereocenters. The fraction of sp³-hybridized carbons (Fsp3) is 0.444. The van der Waals surface area contributed by atoms with Crippen LogP contribution in [-0.2, 0) is 0 Å². The molecule has 120 valence electrons. The number of carbonyl (C=O) groups is 1. The summed E-state index contributed by atoms with van der Waals surface area (Å²) in [4.78, 5) is 19.2. The van der Waals surface area contributed by atoms with Crippen LogP contribution < -0.4 is 5.32 Å². The number of fused-ring (bicyclic) bond motifs is 3. The van der Waals surface area contributed by atoms with Crippen LogP contribution in [0.2, 0.25) is 0 Å². The van der Waals surface area contributed by atoms with E-state index in [0.717, 1.165) is 11.1 Å². The summed E-state index contributed by atoms with van der Waals surface area (Å²) in [6.45, 7) is 4.58. The van der Waals surface area contributed by atoms with Gasteiger partial charge < -0.3 is 5.32 Å². The Morgan fingerprint density at radius 1 is 1.26 bits per heavy atom. The lowest BCUT2D eigenvalue weighted by Crippen LogP contribution is -2.62. The van der Waals surface area contributed by atoms with E-state index in [2.05, 4.69) is 22.1 Å². The monoisotopic (exact) mass is 310 g/mol. The number of pyridine rings is 1. The van der Waals surface area contributed by atoms with Gasteiger partial charge in [-0.1, -0.05) is 6.07 Å². The normalized spacial score (nSPS) is 29.4. The minimum atomic E-state index is -0.0364. The molecule has 0 aromatic carbocycles. The maximum Gasteiger partial charge on any atom is 0.325 e. The van der Waals surface area contributed by atoms with Crippen LogP contribution in [-0.4, -0.2) is 45.7 Å². The van der Waals surface area contributed by atoms with Gasteiger partial charge in [0.1, 0.15) is 0 Å². The van der Waals surface area contributed by atoms with Gasteiger partial charge in [0.05, 0.1) is 0 Å². The van der Waals surface area contributed by atoms with Gasteiger partial charge in [-0.3, -0.25) is 14.5 Å². The quantitative estimate of drug-likeness (QED) is 0.927. The standard InChI is InChI=1S/C18H22N4O/c1-13-17(14-4-8-21(13)9-5-14)20-18(23)22-10-6-16(12-22)15-3-2-7-19-11-15/h2-3,6-7,10-14,17H,4-5,8-9H2,1H3,(H,20,23)/t13-,17+/m1/s1. The largest absolute Gasteiger partial charge is 0.333 e. The van der Waals surface area contributed by atoms with Crippen molar-refractivity contribution in [1.82, 2.24) is 19.8 Å². The van der Waals surface area contributed by atoms with Crippen molar-refractivity contribution >= 4 is 6.03 Å². The molecule has 0 spiro atoms. The molecular formula is C18H22N4O. The second-order valence-electron chi connectivity index (χ2n) is 6.64. The van der Waals surface area contributed by atoms with Crippen LogP contribution in [0.1, 0.15) is 19.8 Å². The molecule has 3 saturated heterocycles. The molecular weight excluding hydrogens is 288 g/mol. The molecule has 1 N–H and O–H groups in total. The molecule has 3 fully saturated rings. The molecule has 3 aliphatic heterocycles. The maximum absolute atomic E-state index is 12.6. The third kappa shape index (κ3) is 2.65. The number of aromatic nitrogens is 2. The van der Waals surface area contributed by atoms with Crippen molar-refractivity contribution in [3.8, 4) is 11.1 Å². The van der Waals surface area contributed by atoms with Gasteiger partial charge >= 0.3 is 6.03 Å². The summed E-state index contributed by atoms with van der Waals surface area (Å²) in [5.74, 6) is 0.618. The Labute approximate surface area is 136 Å². The molecule has 23 heavy (non-hydrogen) atoms. The summed E-state index contributed by atoms with van der Waals surface area (Å²) in [6.07, 6.45) is 9.65. The molecule has 5 nitrogen and oxygen atoms in total. The SMILES string of the molecule is C[C@@H]1[C@H](NC(=O)n2ccc(-c3cccnc3)c2)C2CCN1CC2. The van der Waals surface area contributed by atoms with E-state index in [1.807, 2.05) is 36.8 Å². The van der Waals surface area contributed by atoms with Gasteiger partial charge in [-0.05, 0) is 50.9 Å². The average molecular weight is 310 g/mol. The molecule has 2 bridgehead atoms. The van der Waals surface area contributed by atoms with Crippen LogP contribution in [0.3, 0.4) is 0 Å². The van der Waals surface area contributed by atoms with E-state index >= 15 is 0 Å². The fourth-order valence-electron chi connectivity index (χ4n) is 3.99. The summed E-state index contributed by atoms with van der Waals surface area (Å²) < 4.78 is 1.65. The van der Waals surface area contributed by atoms with Gasteiger partial charge in [-0.15, -0.1) is 0 Å². The highest BCUT2D eigenvalue weighted by molar-refractivity contribution is 5.79. The van der Waals surface area contributed by atoms with Crippen molar-refractivity contribution in [2.75, 3.05) is 13.1 Å². The molecule has 0 saturated carbocycles. The molecule has 1 amide bonds. The van der Waals surface area contributed by atoms with E-state index in [1.165, 1.54) is 25.9 Å². The third-order valence-electron chi connectivity index (χ3n) is 5.39. The summed E-state index contributed by atoms with van der Waals surface area (Å²) in [5.41, 5.74) is 2.03. The topological polar surface area (TPSA) is 50.2 Å². The molecule has 5 heterocycles. The van der Waals surface area contributed by atoms with E-state index in [1.54, 1.807) is 10.8 Å². The molecule has 5 heteroatoms. The molecule has 0 aliphatic carbocycles. The first-order valence-electron chi connectivity index (χ1n) is 8.36. The van der Waals surface area contributed by atoms with Crippen LogP contribution in [0, 0.1) is 5.92 Å². The van der Waals surface area contributed by atoms with Crippen LogP contribution in [0.15, 0.2) is 43.0 Å². The number of nitrogens with one attached hydrogen (secondary N) is 1. The van der Waals surface area contributed by atoms with Gasteiger partial charge in [-0.25, -0.2) is 4.79 Å². The summed E-state index contributed by atoms with van der Waals surface area (Å²) >= 11 is 0. The van der Waals surface area contributed by atoms with Crippen molar-refractivity contribution in [1.29, 1.82) is 0 Å². The second kappa shape index (κ2) is 5.81. The maximum atomic E-state index is 12.6. The Morgan fingerprint density at radius 3 is 2.78 bits per heavy atom. The number of rotatable bonds is 2. The molecule has 0 radical (unpaired) electrons. The Balaban J connectivity index is 1.49. The van der Waals surface area contributed by atoms with Crippen molar-refractivity contribution in [3.63, 3.8) is 0 Å². The lowest BCUT2D eigenvalue weighted by atomic mass is 9.79. The van der Waals surface area contributed by atoms with E-state index in [-0.39, 0.29) is 12.1 Å². The fourth-order valence-corrected chi connectivity index (χ4v) is 3.99. The first-order chi connectivity index (χ1) is 11.2. The Morgan fingerprint density at radius 2 is 2.09 bits per heavy atom. The zero-order valence-electron chi connectivity index (χ0n) is 13.4. The Hall–Kier alpha value is -2.14. The van der Waals surface area contributed by atoms with Gasteiger partial charge in [0.25, 0.3) is 0 Å². The molecule has 5 rings (SSSR count). The lowest BCUT2D eigenvalue weighted by Gasteiger charge is -2.49. The summed E-state index contributed by atoms with van der Waals surface area (Å²) in [6, 6.07) is 6.51. The first-order valence-corrected chi connectivity index (χ1v) is 8.36. The summed E-state index contributed by atoms with van der Waals surface area (Å²) in [5, 5.41) is 3.25. The number of amides is 1. The lowest BCUT2D eigenvalue weighted by molar-refractivity contribution is 0.0267. The third-order valence-corrected chi connectivity index (χ3v) is 5.39. The van der Waals surface area contributed by atoms with Crippen molar-refractivity contribution in [3.05, 3.63) is 43.0 Å². The van der Waals surface area contributed by atoms with E-state index < -0.39 is 0 Å². The van der Waals surface area contributed by atoms with E-state index in [4.69, 9.17) is 0 Å². The van der Waals surface area contributed by atoms with Crippen LogP contribution in [0.5, 0.6) is 0 Å². The molecule has 2 aromatic heterocycles. The molecule has 3 aliphatic rings. The highest BCUT2D eigenvalue weighted by Gasteiger charge is 2.40. The van der Waals surface area contributed by atoms with Gasteiger partial charge in [0.15, 0.2) is 0 Å². The zero-order chi connectivity index (χ0) is 15.8. The average Bonchev–Trinajstić information content (AvgIpc) is 3.09. The number of piperidine rings is 3. The molecule has 0 unspecified atom stereocenters. The predicted octanol–water partition coefficient (Wildman–Crippen LogP) is 2.59. The van der Waals surface area contributed by atoms with Gasteiger partial charge in [0, 0.05) is 48.0 Å². The second-order valence-corrected chi connectivity index (χ2v) is 6.64. The number of hydrogen-bond acceptors (Lipinski definition) is 3. The number of hydrogen-bond donors (Lipinski definition) is 1. The van der Waals surface area contributed by atoms with Gasteiger partial charge in [0.2, 0.25) is 0 Å². The highest BCUT2D eigenvalue weighted by Crippen LogP contribution is 2.32. The van der Waals surface area contributed by atoms with Crippen LogP contribution in [0.25, 0.3) is 11.1 Å². The van der Waals surface area contributed by atoms with Gasteiger partial charge in [-0.2, -0.15) is 0 Å². The van der Waals surface area contributed by atoms with Crippen molar-refractivity contribution in [2.45, 2.75) is 31.8 Å². The van der Waals surface area contributed by atoms with Crippen molar-refractivity contribution in [2.24, 2.45) is 5.92 Å².